The Labute approximate surface area is 162 Å². The Bertz CT molecular complexity index is 838. The van der Waals surface area contributed by atoms with Gasteiger partial charge in [-0.1, -0.05) is 0 Å². The summed E-state index contributed by atoms with van der Waals surface area (Å²) in [5, 5.41) is 11.8. The number of aromatic nitrogens is 2. The van der Waals surface area contributed by atoms with E-state index in [4.69, 9.17) is 4.74 Å². The predicted molar refractivity (Wildman–Crippen MR) is 102 cm³/mol. The van der Waals surface area contributed by atoms with Crippen LogP contribution in [0.4, 0.5) is 4.79 Å². The quantitative estimate of drug-likeness (QED) is 0.636. The number of carbonyl (C=O) groups excluding carboxylic acids is 1. The molecule has 0 spiro atoms. The standard InChI is InChI=1S/C18H28N4O6/c1-11-8-22(16(26)20-15(11)25)13-7-12(21(9-13)10-14(23)24)5-6-19-17(27)28-18(2,3)4/h8,12-13H,5-7,9-10H2,1-4H3,(H,19,27)(H,23,24)(H,20,25,26)/t12-,13+/m0/s1. The van der Waals surface area contributed by atoms with Gasteiger partial charge in [0, 0.05) is 30.9 Å². The van der Waals surface area contributed by atoms with Gasteiger partial charge in [-0.15, -0.1) is 0 Å². The van der Waals surface area contributed by atoms with Crippen LogP contribution < -0.4 is 16.6 Å². The molecule has 2 rings (SSSR count). The van der Waals surface area contributed by atoms with Crippen molar-refractivity contribution in [1.82, 2.24) is 19.8 Å². The van der Waals surface area contributed by atoms with Crippen LogP contribution in [0, 0.1) is 6.92 Å². The molecule has 1 aromatic heterocycles. The number of amides is 1. The molecule has 1 saturated heterocycles. The number of alkyl carbamates (subject to hydrolysis) is 1. The van der Waals surface area contributed by atoms with Crippen molar-refractivity contribution in [3.63, 3.8) is 0 Å². The number of hydrogen-bond acceptors (Lipinski definition) is 6. The lowest BCUT2D eigenvalue weighted by Crippen LogP contribution is -2.38. The normalized spacial score (nSPS) is 20.1. The lowest BCUT2D eigenvalue weighted by molar-refractivity contribution is -0.138. The largest absolute Gasteiger partial charge is 0.480 e. The topological polar surface area (TPSA) is 134 Å². The Balaban J connectivity index is 2.05. The molecule has 1 fully saturated rings. The van der Waals surface area contributed by atoms with Gasteiger partial charge in [0.15, 0.2) is 0 Å². The minimum atomic E-state index is -0.962. The number of likely N-dealkylation sites (tertiary alicyclic amines) is 1. The predicted octanol–water partition coefficient (Wildman–Crippen LogP) is 0.460. The second-order valence-corrected chi connectivity index (χ2v) is 8.06. The molecule has 0 radical (unpaired) electrons. The summed E-state index contributed by atoms with van der Waals surface area (Å²) in [6.07, 6.45) is 2.03. The molecule has 0 saturated carbocycles. The van der Waals surface area contributed by atoms with Gasteiger partial charge < -0.3 is 15.2 Å². The van der Waals surface area contributed by atoms with Gasteiger partial charge in [-0.25, -0.2) is 9.59 Å². The first-order valence-electron chi connectivity index (χ1n) is 9.21. The van der Waals surface area contributed by atoms with Gasteiger partial charge in [0.1, 0.15) is 5.60 Å². The molecule has 3 N–H and O–H groups in total. The molecule has 2 heterocycles. The van der Waals surface area contributed by atoms with Gasteiger partial charge in [-0.3, -0.25) is 24.0 Å². The number of nitrogens with one attached hydrogen (secondary N) is 2. The number of H-pyrrole nitrogens is 1. The van der Waals surface area contributed by atoms with E-state index in [-0.39, 0.29) is 18.6 Å². The lowest BCUT2D eigenvalue weighted by atomic mass is 10.1. The van der Waals surface area contributed by atoms with E-state index in [1.807, 2.05) is 0 Å². The van der Waals surface area contributed by atoms with E-state index in [1.165, 1.54) is 10.8 Å². The third kappa shape index (κ3) is 5.95. The van der Waals surface area contributed by atoms with Crippen LogP contribution in [0.1, 0.15) is 45.2 Å². The summed E-state index contributed by atoms with van der Waals surface area (Å²) in [5.74, 6) is -0.962. The van der Waals surface area contributed by atoms with Crippen molar-refractivity contribution in [2.24, 2.45) is 0 Å². The maximum atomic E-state index is 12.2. The summed E-state index contributed by atoms with van der Waals surface area (Å²) in [4.78, 5) is 50.8. The smallest absolute Gasteiger partial charge is 0.407 e. The Morgan fingerprint density at radius 2 is 2.04 bits per heavy atom. The van der Waals surface area contributed by atoms with Crippen LogP contribution in [0.3, 0.4) is 0 Å². The number of nitrogens with zero attached hydrogens (tertiary/aromatic N) is 2. The van der Waals surface area contributed by atoms with E-state index in [1.54, 1.807) is 32.6 Å². The van der Waals surface area contributed by atoms with E-state index in [0.717, 1.165) is 0 Å². The zero-order chi connectivity index (χ0) is 21.1. The van der Waals surface area contributed by atoms with E-state index in [2.05, 4.69) is 10.3 Å². The second kappa shape index (κ2) is 8.59. The number of carbonyl (C=O) groups is 2. The molecular weight excluding hydrogens is 368 g/mol. The summed E-state index contributed by atoms with van der Waals surface area (Å²) in [7, 11) is 0. The Morgan fingerprint density at radius 3 is 2.64 bits per heavy atom. The highest BCUT2D eigenvalue weighted by molar-refractivity contribution is 5.69. The third-order valence-corrected chi connectivity index (χ3v) is 4.53. The molecule has 0 bridgehead atoms. The highest BCUT2D eigenvalue weighted by Crippen LogP contribution is 2.28. The molecule has 1 amide bonds. The van der Waals surface area contributed by atoms with Crippen LogP contribution in [0.5, 0.6) is 0 Å². The Morgan fingerprint density at radius 1 is 1.36 bits per heavy atom. The first-order chi connectivity index (χ1) is 13.0. The fourth-order valence-corrected chi connectivity index (χ4v) is 3.34. The second-order valence-electron chi connectivity index (χ2n) is 8.06. The zero-order valence-electron chi connectivity index (χ0n) is 16.7. The number of aromatic amines is 1. The molecule has 28 heavy (non-hydrogen) atoms. The van der Waals surface area contributed by atoms with Crippen molar-refractivity contribution in [2.45, 2.75) is 58.2 Å². The van der Waals surface area contributed by atoms with Crippen molar-refractivity contribution < 1.29 is 19.4 Å². The first kappa shape index (κ1) is 21.7. The highest BCUT2D eigenvalue weighted by Gasteiger charge is 2.34. The minimum Gasteiger partial charge on any atom is -0.480 e. The van der Waals surface area contributed by atoms with Crippen LogP contribution >= 0.6 is 0 Å². The zero-order valence-corrected chi connectivity index (χ0v) is 16.7. The van der Waals surface area contributed by atoms with Crippen molar-refractivity contribution in [3.8, 4) is 0 Å². The molecule has 0 aromatic carbocycles. The van der Waals surface area contributed by atoms with Crippen molar-refractivity contribution in [3.05, 3.63) is 32.6 Å². The van der Waals surface area contributed by atoms with Gasteiger partial charge in [-0.2, -0.15) is 0 Å². The number of aliphatic carboxylic acids is 1. The molecule has 10 nitrogen and oxygen atoms in total. The van der Waals surface area contributed by atoms with Crippen LogP contribution in [-0.4, -0.2) is 62.9 Å². The summed E-state index contributed by atoms with van der Waals surface area (Å²) < 4.78 is 6.64. The van der Waals surface area contributed by atoms with Crippen molar-refractivity contribution >= 4 is 12.1 Å². The molecule has 0 aliphatic carbocycles. The molecular formula is C18H28N4O6. The van der Waals surface area contributed by atoms with Crippen LogP contribution in [0.25, 0.3) is 0 Å². The number of rotatable bonds is 6. The fraction of sp³-hybridized carbons (Fsp3) is 0.667. The Hall–Kier alpha value is -2.62. The van der Waals surface area contributed by atoms with Gasteiger partial charge in [0.05, 0.1) is 12.6 Å². The van der Waals surface area contributed by atoms with Crippen LogP contribution in [-0.2, 0) is 9.53 Å². The third-order valence-electron chi connectivity index (χ3n) is 4.53. The van der Waals surface area contributed by atoms with Crippen molar-refractivity contribution in [2.75, 3.05) is 19.6 Å². The maximum Gasteiger partial charge on any atom is 0.407 e. The molecule has 1 aliphatic rings. The summed E-state index contributed by atoms with van der Waals surface area (Å²) in [5.41, 5.74) is -1.12. The molecule has 156 valence electrons. The summed E-state index contributed by atoms with van der Waals surface area (Å²) in [6, 6.07) is -0.385. The van der Waals surface area contributed by atoms with E-state index < -0.39 is 28.9 Å². The van der Waals surface area contributed by atoms with Gasteiger partial charge in [0.25, 0.3) is 5.56 Å². The highest BCUT2D eigenvalue weighted by atomic mass is 16.6. The minimum absolute atomic E-state index is 0.129. The van der Waals surface area contributed by atoms with Crippen molar-refractivity contribution in [1.29, 1.82) is 0 Å². The molecule has 10 heteroatoms. The monoisotopic (exact) mass is 396 g/mol. The summed E-state index contributed by atoms with van der Waals surface area (Å²) >= 11 is 0. The number of aryl methyl sites for hydroxylation is 1. The summed E-state index contributed by atoms with van der Waals surface area (Å²) in [6.45, 7) is 7.45. The van der Waals surface area contributed by atoms with Crippen LogP contribution in [0.2, 0.25) is 0 Å². The maximum absolute atomic E-state index is 12.2. The van der Waals surface area contributed by atoms with Crippen LogP contribution in [0.15, 0.2) is 15.8 Å². The van der Waals surface area contributed by atoms with E-state index in [9.17, 15) is 24.3 Å². The lowest BCUT2D eigenvalue weighted by Gasteiger charge is -2.23. The SMILES string of the molecule is Cc1cn([C@@H]2C[C@H](CCNC(=O)OC(C)(C)C)N(CC(=O)O)C2)c(=O)[nH]c1=O. The number of carboxylic acid groups (broad SMARTS) is 1. The number of ether oxygens (including phenoxy) is 1. The molecule has 0 unspecified atom stereocenters. The average Bonchev–Trinajstić information content (AvgIpc) is 2.91. The number of hydrogen-bond donors (Lipinski definition) is 3. The van der Waals surface area contributed by atoms with E-state index in [0.29, 0.717) is 31.5 Å². The molecule has 1 aliphatic heterocycles. The molecule has 2 atom stereocenters. The van der Waals surface area contributed by atoms with Gasteiger partial charge >= 0.3 is 17.8 Å². The molecule has 1 aromatic rings. The Kier molecular flexibility index (Phi) is 6.65. The first-order valence-corrected chi connectivity index (χ1v) is 9.21. The number of carboxylic acids is 1. The van der Waals surface area contributed by atoms with Gasteiger partial charge in [-0.05, 0) is 40.5 Å². The fourth-order valence-electron chi connectivity index (χ4n) is 3.34. The average molecular weight is 396 g/mol. The van der Waals surface area contributed by atoms with Gasteiger partial charge in [0.2, 0.25) is 0 Å². The van der Waals surface area contributed by atoms with E-state index >= 15 is 0 Å².